The SMILES string of the molecule is Cc1ccc(C)c(C(=O)COC(=O)c2ccc3c(c2)C(=O)N(c2ccc(C)c(Cl)c2)C3=O)c1. The van der Waals surface area contributed by atoms with Crippen LogP contribution in [0, 0.1) is 20.8 Å². The number of hydrogen-bond acceptors (Lipinski definition) is 5. The summed E-state index contributed by atoms with van der Waals surface area (Å²) >= 11 is 6.15. The Morgan fingerprint density at radius 3 is 2.27 bits per heavy atom. The van der Waals surface area contributed by atoms with Gasteiger partial charge in [0.2, 0.25) is 5.78 Å². The van der Waals surface area contributed by atoms with Gasteiger partial charge in [0.1, 0.15) is 0 Å². The van der Waals surface area contributed by atoms with E-state index in [0.717, 1.165) is 21.6 Å². The molecule has 0 radical (unpaired) electrons. The molecule has 1 aliphatic rings. The molecule has 4 rings (SSSR count). The van der Waals surface area contributed by atoms with E-state index in [2.05, 4.69) is 0 Å². The maximum absolute atomic E-state index is 13.0. The van der Waals surface area contributed by atoms with Gasteiger partial charge >= 0.3 is 5.97 Å². The molecule has 0 bridgehead atoms. The van der Waals surface area contributed by atoms with Crippen LogP contribution in [0.25, 0.3) is 0 Å². The van der Waals surface area contributed by atoms with Gasteiger partial charge < -0.3 is 4.74 Å². The number of Topliss-reactive ketones (excluding diaryl/α,β-unsaturated/α-hetero) is 1. The van der Waals surface area contributed by atoms with Crippen molar-refractivity contribution in [3.8, 4) is 0 Å². The van der Waals surface area contributed by atoms with Crippen molar-refractivity contribution < 1.29 is 23.9 Å². The first-order chi connectivity index (χ1) is 15.7. The van der Waals surface area contributed by atoms with E-state index < -0.39 is 24.4 Å². The summed E-state index contributed by atoms with van der Waals surface area (Å²) in [5, 5.41) is 0.432. The molecule has 0 aromatic heterocycles. The molecule has 166 valence electrons. The number of nitrogens with zero attached hydrogens (tertiary/aromatic N) is 1. The molecule has 0 spiro atoms. The van der Waals surface area contributed by atoms with E-state index in [4.69, 9.17) is 16.3 Å². The molecule has 0 aliphatic carbocycles. The van der Waals surface area contributed by atoms with Crippen molar-refractivity contribution in [2.24, 2.45) is 0 Å². The second-order valence-corrected chi connectivity index (χ2v) is 8.36. The Hall–Kier alpha value is -3.77. The van der Waals surface area contributed by atoms with E-state index in [0.29, 0.717) is 16.3 Å². The minimum atomic E-state index is -0.756. The van der Waals surface area contributed by atoms with Crippen molar-refractivity contribution in [2.75, 3.05) is 11.5 Å². The number of anilines is 1. The molecular formula is C26H20ClNO5. The number of imide groups is 1. The molecule has 0 saturated heterocycles. The van der Waals surface area contributed by atoms with Crippen LogP contribution in [0.4, 0.5) is 5.69 Å². The fourth-order valence-electron chi connectivity index (χ4n) is 3.65. The summed E-state index contributed by atoms with van der Waals surface area (Å²) in [6, 6.07) is 14.5. The maximum atomic E-state index is 13.0. The lowest BCUT2D eigenvalue weighted by Crippen LogP contribution is -2.29. The van der Waals surface area contributed by atoms with Gasteiger partial charge in [-0.3, -0.25) is 14.4 Å². The predicted octanol–water partition coefficient (Wildman–Crippen LogP) is 5.11. The van der Waals surface area contributed by atoms with Crippen LogP contribution < -0.4 is 4.90 Å². The smallest absolute Gasteiger partial charge is 0.338 e. The number of aryl methyl sites for hydroxylation is 3. The molecule has 1 heterocycles. The minimum Gasteiger partial charge on any atom is -0.454 e. The van der Waals surface area contributed by atoms with E-state index in [-0.39, 0.29) is 22.5 Å². The van der Waals surface area contributed by atoms with E-state index >= 15 is 0 Å². The average Bonchev–Trinajstić information content (AvgIpc) is 3.05. The van der Waals surface area contributed by atoms with Gasteiger partial charge in [0.25, 0.3) is 11.8 Å². The Bertz CT molecular complexity index is 1340. The normalized spacial score (nSPS) is 12.7. The lowest BCUT2D eigenvalue weighted by molar-refractivity contribution is 0.0474. The third-order valence-electron chi connectivity index (χ3n) is 5.56. The Balaban J connectivity index is 1.53. The zero-order chi connectivity index (χ0) is 23.9. The van der Waals surface area contributed by atoms with Crippen LogP contribution in [-0.4, -0.2) is 30.2 Å². The van der Waals surface area contributed by atoms with E-state index in [9.17, 15) is 19.2 Å². The molecule has 0 atom stereocenters. The van der Waals surface area contributed by atoms with Gasteiger partial charge in [-0.05, 0) is 68.3 Å². The third-order valence-corrected chi connectivity index (χ3v) is 5.97. The third kappa shape index (κ3) is 4.17. The van der Waals surface area contributed by atoms with Crippen molar-refractivity contribution in [1.82, 2.24) is 0 Å². The van der Waals surface area contributed by atoms with Crippen molar-refractivity contribution in [3.63, 3.8) is 0 Å². The molecular weight excluding hydrogens is 442 g/mol. The number of fused-ring (bicyclic) bond motifs is 1. The highest BCUT2D eigenvalue weighted by atomic mass is 35.5. The van der Waals surface area contributed by atoms with Crippen LogP contribution in [0.15, 0.2) is 54.6 Å². The summed E-state index contributed by atoms with van der Waals surface area (Å²) in [5.74, 6) is -2.14. The van der Waals surface area contributed by atoms with Crippen LogP contribution in [-0.2, 0) is 4.74 Å². The van der Waals surface area contributed by atoms with Crippen molar-refractivity contribution >= 4 is 40.9 Å². The first-order valence-corrected chi connectivity index (χ1v) is 10.6. The van der Waals surface area contributed by atoms with E-state index in [1.165, 1.54) is 18.2 Å². The summed E-state index contributed by atoms with van der Waals surface area (Å²) < 4.78 is 5.19. The van der Waals surface area contributed by atoms with Gasteiger partial charge in [-0.25, -0.2) is 9.69 Å². The minimum absolute atomic E-state index is 0.0763. The summed E-state index contributed by atoms with van der Waals surface area (Å²) in [5.41, 5.74) is 3.72. The molecule has 2 amide bonds. The van der Waals surface area contributed by atoms with Gasteiger partial charge in [0.15, 0.2) is 6.61 Å². The van der Waals surface area contributed by atoms with Crippen LogP contribution in [0.2, 0.25) is 5.02 Å². The van der Waals surface area contributed by atoms with Gasteiger partial charge in [0, 0.05) is 10.6 Å². The topological polar surface area (TPSA) is 80.8 Å². The summed E-state index contributed by atoms with van der Waals surface area (Å²) in [7, 11) is 0. The monoisotopic (exact) mass is 461 g/mol. The average molecular weight is 462 g/mol. The highest BCUT2D eigenvalue weighted by molar-refractivity contribution is 6.36. The standard InChI is InChI=1S/C26H20ClNO5/c1-14-4-5-15(2)20(10-14)23(29)13-33-26(32)17-7-9-19-21(11-17)25(31)28(24(19)30)18-8-6-16(3)22(27)12-18/h4-12H,13H2,1-3H3. The van der Waals surface area contributed by atoms with Crippen LogP contribution in [0.3, 0.4) is 0 Å². The lowest BCUT2D eigenvalue weighted by Gasteiger charge is -2.14. The summed E-state index contributed by atoms with van der Waals surface area (Å²) in [6.07, 6.45) is 0. The highest BCUT2D eigenvalue weighted by Gasteiger charge is 2.37. The number of esters is 1. The van der Waals surface area contributed by atoms with E-state index in [1.54, 1.807) is 24.3 Å². The number of ether oxygens (including phenoxy) is 1. The van der Waals surface area contributed by atoms with Gasteiger partial charge in [-0.1, -0.05) is 35.4 Å². The summed E-state index contributed by atoms with van der Waals surface area (Å²) in [6.45, 7) is 5.07. The maximum Gasteiger partial charge on any atom is 0.338 e. The predicted molar refractivity (Wildman–Crippen MR) is 124 cm³/mol. The van der Waals surface area contributed by atoms with Crippen LogP contribution in [0.5, 0.6) is 0 Å². The largest absolute Gasteiger partial charge is 0.454 e. The molecule has 0 fully saturated rings. The van der Waals surface area contributed by atoms with Gasteiger partial charge in [-0.15, -0.1) is 0 Å². The molecule has 0 N–H and O–H groups in total. The van der Waals surface area contributed by atoms with Crippen molar-refractivity contribution in [1.29, 1.82) is 0 Å². The number of carbonyl (C=O) groups excluding carboxylic acids is 4. The molecule has 3 aromatic rings. The molecule has 6 nitrogen and oxygen atoms in total. The number of carbonyl (C=O) groups is 4. The van der Waals surface area contributed by atoms with Crippen LogP contribution in [0.1, 0.15) is 58.1 Å². The number of ketones is 1. The Morgan fingerprint density at radius 2 is 1.55 bits per heavy atom. The first-order valence-electron chi connectivity index (χ1n) is 10.2. The second kappa shape index (κ2) is 8.64. The number of halogens is 1. The van der Waals surface area contributed by atoms with Gasteiger partial charge in [-0.2, -0.15) is 0 Å². The quantitative estimate of drug-likeness (QED) is 0.300. The first kappa shape index (κ1) is 22.4. The molecule has 3 aromatic carbocycles. The molecule has 0 saturated carbocycles. The zero-order valence-electron chi connectivity index (χ0n) is 18.3. The van der Waals surface area contributed by atoms with Gasteiger partial charge in [0.05, 0.1) is 22.4 Å². The fourth-order valence-corrected chi connectivity index (χ4v) is 3.83. The fraction of sp³-hybridized carbons (Fsp3) is 0.154. The molecule has 33 heavy (non-hydrogen) atoms. The summed E-state index contributed by atoms with van der Waals surface area (Å²) in [4.78, 5) is 51.8. The number of hydrogen-bond donors (Lipinski definition) is 0. The lowest BCUT2D eigenvalue weighted by atomic mass is 10.0. The van der Waals surface area contributed by atoms with Crippen molar-refractivity contribution in [2.45, 2.75) is 20.8 Å². The molecule has 7 heteroatoms. The van der Waals surface area contributed by atoms with E-state index in [1.807, 2.05) is 32.9 Å². The number of rotatable bonds is 5. The molecule has 1 aliphatic heterocycles. The van der Waals surface area contributed by atoms with Crippen LogP contribution >= 0.6 is 11.6 Å². The zero-order valence-corrected chi connectivity index (χ0v) is 19.0. The Kier molecular flexibility index (Phi) is 5.87. The number of benzene rings is 3. The Morgan fingerprint density at radius 1 is 0.848 bits per heavy atom. The van der Waals surface area contributed by atoms with Crippen molar-refractivity contribution in [3.05, 3.63) is 98.6 Å². The highest BCUT2D eigenvalue weighted by Crippen LogP contribution is 2.31. The number of amides is 2. The molecule has 0 unspecified atom stereocenters. The second-order valence-electron chi connectivity index (χ2n) is 7.96. The Labute approximate surface area is 195 Å².